The first-order valence-electron chi connectivity index (χ1n) is 6.66. The molecule has 2 rings (SSSR count). The Kier molecular flexibility index (Phi) is 5.51. The second kappa shape index (κ2) is 7.79. The van der Waals surface area contributed by atoms with Crippen molar-refractivity contribution in [2.45, 2.75) is 0 Å². The zero-order valence-corrected chi connectivity index (χ0v) is 12.3. The van der Waals surface area contributed by atoms with E-state index >= 15 is 0 Å². The highest BCUT2D eigenvalue weighted by atomic mass is 19.1. The summed E-state index contributed by atoms with van der Waals surface area (Å²) in [5, 5.41) is 13.4. The largest absolute Gasteiger partial charge is 0.507 e. The van der Waals surface area contributed by atoms with E-state index in [1.54, 1.807) is 18.2 Å². The molecule has 0 aliphatic carbocycles. The van der Waals surface area contributed by atoms with E-state index in [0.29, 0.717) is 11.3 Å². The summed E-state index contributed by atoms with van der Waals surface area (Å²) in [6.07, 6.45) is 1.26. The number of amides is 1. The molecule has 0 aliphatic heterocycles. The van der Waals surface area contributed by atoms with Crippen molar-refractivity contribution in [3.8, 4) is 17.2 Å². The number of benzene rings is 2. The van der Waals surface area contributed by atoms with Crippen LogP contribution in [0.1, 0.15) is 5.56 Å². The van der Waals surface area contributed by atoms with E-state index in [1.165, 1.54) is 37.6 Å². The van der Waals surface area contributed by atoms with Crippen LogP contribution in [0.25, 0.3) is 0 Å². The number of ether oxygens (including phenoxy) is 2. The van der Waals surface area contributed by atoms with Gasteiger partial charge in [0.05, 0.1) is 13.3 Å². The third-order valence-electron chi connectivity index (χ3n) is 2.82. The average molecular weight is 318 g/mol. The van der Waals surface area contributed by atoms with E-state index in [-0.39, 0.29) is 18.1 Å². The fourth-order valence-electron chi connectivity index (χ4n) is 1.67. The molecule has 120 valence electrons. The highest BCUT2D eigenvalue weighted by Gasteiger charge is 2.05. The van der Waals surface area contributed by atoms with Gasteiger partial charge in [-0.15, -0.1) is 0 Å². The molecule has 0 heterocycles. The minimum absolute atomic E-state index is 0.00796. The third kappa shape index (κ3) is 4.70. The maximum atomic E-state index is 13.3. The van der Waals surface area contributed by atoms with Gasteiger partial charge in [0, 0.05) is 5.56 Å². The first-order valence-corrected chi connectivity index (χ1v) is 6.66. The van der Waals surface area contributed by atoms with E-state index in [2.05, 4.69) is 10.5 Å². The van der Waals surface area contributed by atoms with Crippen LogP contribution in [0.15, 0.2) is 47.6 Å². The standard InChI is InChI=1S/C16H15FN2O4/c1-22-12-6-7-14(20)11(8-12)9-18-19-16(21)10-23-15-5-3-2-4-13(15)17/h2-9,20H,10H2,1H3,(H,19,21). The third-order valence-corrected chi connectivity index (χ3v) is 2.82. The van der Waals surface area contributed by atoms with Crippen LogP contribution in [-0.2, 0) is 4.79 Å². The van der Waals surface area contributed by atoms with Crippen LogP contribution in [-0.4, -0.2) is 30.9 Å². The Bertz CT molecular complexity index is 719. The number of carbonyl (C=O) groups excluding carboxylic acids is 1. The number of phenols is 1. The van der Waals surface area contributed by atoms with Crippen LogP contribution in [0.3, 0.4) is 0 Å². The lowest BCUT2D eigenvalue weighted by Gasteiger charge is -2.06. The number of para-hydroxylation sites is 1. The van der Waals surface area contributed by atoms with Gasteiger partial charge >= 0.3 is 0 Å². The van der Waals surface area contributed by atoms with Gasteiger partial charge in [-0.2, -0.15) is 5.10 Å². The first-order chi connectivity index (χ1) is 11.1. The number of rotatable bonds is 6. The fourth-order valence-corrected chi connectivity index (χ4v) is 1.67. The summed E-state index contributed by atoms with van der Waals surface area (Å²) >= 11 is 0. The second-order valence-corrected chi connectivity index (χ2v) is 4.44. The van der Waals surface area contributed by atoms with Gasteiger partial charge in [-0.05, 0) is 30.3 Å². The number of aromatic hydroxyl groups is 1. The van der Waals surface area contributed by atoms with Crippen LogP contribution >= 0.6 is 0 Å². The van der Waals surface area contributed by atoms with E-state index in [0.717, 1.165) is 0 Å². The zero-order valence-electron chi connectivity index (χ0n) is 12.3. The van der Waals surface area contributed by atoms with Crippen LogP contribution in [0.2, 0.25) is 0 Å². The van der Waals surface area contributed by atoms with Gasteiger partial charge in [0.25, 0.3) is 5.91 Å². The van der Waals surface area contributed by atoms with Crippen LogP contribution < -0.4 is 14.9 Å². The van der Waals surface area contributed by atoms with Gasteiger partial charge < -0.3 is 14.6 Å². The van der Waals surface area contributed by atoms with Crippen molar-refractivity contribution in [3.63, 3.8) is 0 Å². The van der Waals surface area contributed by atoms with Gasteiger partial charge in [0.1, 0.15) is 11.5 Å². The average Bonchev–Trinajstić information content (AvgIpc) is 2.56. The maximum absolute atomic E-state index is 13.3. The summed E-state index contributed by atoms with van der Waals surface area (Å²) < 4.78 is 23.4. The Balaban J connectivity index is 1.88. The number of methoxy groups -OCH3 is 1. The highest BCUT2D eigenvalue weighted by molar-refractivity contribution is 5.85. The quantitative estimate of drug-likeness (QED) is 0.631. The summed E-state index contributed by atoms with van der Waals surface area (Å²) in [5.41, 5.74) is 2.59. The number of hydrazone groups is 1. The summed E-state index contributed by atoms with van der Waals surface area (Å²) in [6, 6.07) is 10.4. The van der Waals surface area contributed by atoms with Crippen molar-refractivity contribution in [1.29, 1.82) is 0 Å². The molecule has 0 aromatic heterocycles. The van der Waals surface area contributed by atoms with Crippen molar-refractivity contribution in [3.05, 3.63) is 53.8 Å². The highest BCUT2D eigenvalue weighted by Crippen LogP contribution is 2.21. The van der Waals surface area contributed by atoms with E-state index in [4.69, 9.17) is 9.47 Å². The summed E-state index contributed by atoms with van der Waals surface area (Å²) in [6.45, 7) is -0.387. The lowest BCUT2D eigenvalue weighted by molar-refractivity contribution is -0.123. The van der Waals surface area contributed by atoms with Crippen molar-refractivity contribution < 1.29 is 23.8 Å². The molecule has 0 saturated carbocycles. The topological polar surface area (TPSA) is 80.2 Å². The van der Waals surface area contributed by atoms with Crippen LogP contribution in [0.4, 0.5) is 4.39 Å². The minimum Gasteiger partial charge on any atom is -0.507 e. The number of carbonyl (C=O) groups is 1. The predicted octanol–water partition coefficient (Wildman–Crippen LogP) is 2.07. The zero-order chi connectivity index (χ0) is 16.7. The van der Waals surface area contributed by atoms with Gasteiger partial charge in [-0.25, -0.2) is 9.82 Å². The molecule has 0 fully saturated rings. The molecule has 2 N–H and O–H groups in total. The van der Waals surface area contributed by atoms with Crippen molar-refractivity contribution in [2.75, 3.05) is 13.7 Å². The van der Waals surface area contributed by atoms with Crippen LogP contribution in [0, 0.1) is 5.82 Å². The number of nitrogens with one attached hydrogen (secondary N) is 1. The molecule has 2 aromatic carbocycles. The number of hydrogen-bond donors (Lipinski definition) is 2. The Labute approximate surface area is 132 Å². The van der Waals surface area contributed by atoms with Crippen molar-refractivity contribution >= 4 is 12.1 Å². The molecule has 0 aliphatic rings. The molecular formula is C16H15FN2O4. The maximum Gasteiger partial charge on any atom is 0.277 e. The normalized spacial score (nSPS) is 10.5. The number of hydrogen-bond acceptors (Lipinski definition) is 5. The molecule has 0 radical (unpaired) electrons. The Morgan fingerprint density at radius 2 is 2.13 bits per heavy atom. The molecule has 0 spiro atoms. The minimum atomic E-state index is -0.563. The van der Waals surface area contributed by atoms with Crippen molar-refractivity contribution in [2.24, 2.45) is 5.10 Å². The summed E-state index contributed by atoms with van der Waals surface area (Å²) in [7, 11) is 1.50. The molecule has 23 heavy (non-hydrogen) atoms. The predicted molar refractivity (Wildman–Crippen MR) is 82.3 cm³/mol. The van der Waals surface area contributed by atoms with E-state index < -0.39 is 11.7 Å². The molecule has 6 nitrogen and oxygen atoms in total. The Morgan fingerprint density at radius 1 is 1.35 bits per heavy atom. The van der Waals surface area contributed by atoms with E-state index in [1.807, 2.05) is 0 Å². The van der Waals surface area contributed by atoms with E-state index in [9.17, 15) is 14.3 Å². The molecule has 0 unspecified atom stereocenters. The summed E-state index contributed by atoms with van der Waals surface area (Å²) in [5.74, 6) is -0.598. The van der Waals surface area contributed by atoms with Gasteiger partial charge in [-0.3, -0.25) is 4.79 Å². The van der Waals surface area contributed by atoms with Gasteiger partial charge in [0.2, 0.25) is 0 Å². The van der Waals surface area contributed by atoms with Crippen molar-refractivity contribution in [1.82, 2.24) is 5.43 Å². The number of nitrogens with zero attached hydrogens (tertiary/aromatic N) is 1. The molecule has 0 atom stereocenters. The van der Waals surface area contributed by atoms with Gasteiger partial charge in [-0.1, -0.05) is 12.1 Å². The Hall–Kier alpha value is -3.09. The molecule has 0 saturated heterocycles. The number of halogens is 1. The molecule has 0 bridgehead atoms. The molecule has 2 aromatic rings. The second-order valence-electron chi connectivity index (χ2n) is 4.44. The smallest absolute Gasteiger partial charge is 0.277 e. The van der Waals surface area contributed by atoms with Crippen LogP contribution in [0.5, 0.6) is 17.2 Å². The first kappa shape index (κ1) is 16.3. The molecule has 1 amide bonds. The van der Waals surface area contributed by atoms with Gasteiger partial charge in [0.15, 0.2) is 18.2 Å². The molecule has 7 heteroatoms. The SMILES string of the molecule is COc1ccc(O)c(C=NNC(=O)COc2ccccc2F)c1. The lowest BCUT2D eigenvalue weighted by atomic mass is 10.2. The lowest BCUT2D eigenvalue weighted by Crippen LogP contribution is -2.24. The monoisotopic (exact) mass is 318 g/mol. The summed E-state index contributed by atoms with van der Waals surface area (Å²) in [4.78, 5) is 11.6. The number of phenolic OH excluding ortho intramolecular Hbond substituents is 1. The Morgan fingerprint density at radius 3 is 2.87 bits per heavy atom. The fraction of sp³-hybridized carbons (Fsp3) is 0.125. The molecular weight excluding hydrogens is 303 g/mol.